The summed E-state index contributed by atoms with van der Waals surface area (Å²) in [6.07, 6.45) is 0. The number of aliphatic hydroxyl groups excluding tert-OH is 1. The van der Waals surface area contributed by atoms with Crippen molar-refractivity contribution in [3.8, 4) is 11.5 Å². The average Bonchev–Trinajstić information content (AvgIpc) is 2.34. The molecule has 17 heavy (non-hydrogen) atoms. The van der Waals surface area contributed by atoms with Gasteiger partial charge in [-0.15, -0.1) is 0 Å². The standard InChI is InChI=1S/C13H10BrFO2/c14-12-7-9(8-16)1-6-13(12)17-11-4-2-10(15)3-5-11/h1-7,16H,8H2. The SMILES string of the molecule is OCc1ccc(Oc2ccc(F)cc2)c(Br)c1. The van der Waals surface area contributed by atoms with E-state index in [1.54, 1.807) is 30.3 Å². The van der Waals surface area contributed by atoms with Crippen LogP contribution in [0.1, 0.15) is 5.56 Å². The fourth-order valence-corrected chi connectivity index (χ4v) is 1.86. The van der Waals surface area contributed by atoms with Crippen LogP contribution in [-0.4, -0.2) is 5.11 Å². The molecule has 0 atom stereocenters. The summed E-state index contributed by atoms with van der Waals surface area (Å²) in [5.41, 5.74) is 0.795. The highest BCUT2D eigenvalue weighted by Crippen LogP contribution is 2.30. The Morgan fingerprint density at radius 2 is 1.82 bits per heavy atom. The highest BCUT2D eigenvalue weighted by atomic mass is 79.9. The van der Waals surface area contributed by atoms with E-state index >= 15 is 0 Å². The van der Waals surface area contributed by atoms with Crippen LogP contribution in [0.5, 0.6) is 11.5 Å². The minimum Gasteiger partial charge on any atom is -0.456 e. The Hall–Kier alpha value is -1.39. The molecular formula is C13H10BrFO2. The zero-order valence-corrected chi connectivity index (χ0v) is 10.4. The average molecular weight is 297 g/mol. The van der Waals surface area contributed by atoms with Crippen molar-refractivity contribution in [1.82, 2.24) is 0 Å². The molecule has 0 spiro atoms. The lowest BCUT2D eigenvalue weighted by Crippen LogP contribution is -1.88. The molecule has 0 amide bonds. The van der Waals surface area contributed by atoms with Crippen molar-refractivity contribution >= 4 is 15.9 Å². The van der Waals surface area contributed by atoms with E-state index < -0.39 is 0 Å². The second kappa shape index (κ2) is 5.29. The van der Waals surface area contributed by atoms with E-state index in [1.807, 2.05) is 0 Å². The third-order valence-corrected chi connectivity index (χ3v) is 2.84. The monoisotopic (exact) mass is 296 g/mol. The number of benzene rings is 2. The number of halogens is 2. The van der Waals surface area contributed by atoms with Gasteiger partial charge in [-0.1, -0.05) is 6.07 Å². The first-order valence-corrected chi connectivity index (χ1v) is 5.81. The fraction of sp³-hybridized carbons (Fsp3) is 0.0769. The lowest BCUT2D eigenvalue weighted by molar-refractivity contribution is 0.281. The second-order valence-corrected chi connectivity index (χ2v) is 4.33. The van der Waals surface area contributed by atoms with Crippen LogP contribution in [-0.2, 0) is 6.61 Å². The van der Waals surface area contributed by atoms with Crippen molar-refractivity contribution in [3.05, 3.63) is 58.3 Å². The van der Waals surface area contributed by atoms with E-state index in [-0.39, 0.29) is 12.4 Å². The maximum absolute atomic E-state index is 12.7. The van der Waals surface area contributed by atoms with Gasteiger partial charge in [0.1, 0.15) is 17.3 Å². The molecule has 4 heteroatoms. The van der Waals surface area contributed by atoms with Crippen molar-refractivity contribution < 1.29 is 14.2 Å². The van der Waals surface area contributed by atoms with E-state index in [4.69, 9.17) is 9.84 Å². The Morgan fingerprint density at radius 3 is 2.41 bits per heavy atom. The van der Waals surface area contributed by atoms with Crippen LogP contribution in [0, 0.1) is 5.82 Å². The van der Waals surface area contributed by atoms with E-state index in [0.717, 1.165) is 10.0 Å². The number of rotatable bonds is 3. The van der Waals surface area contributed by atoms with Crippen LogP contribution < -0.4 is 4.74 Å². The number of ether oxygens (including phenoxy) is 1. The van der Waals surface area contributed by atoms with Gasteiger partial charge in [-0.25, -0.2) is 4.39 Å². The summed E-state index contributed by atoms with van der Waals surface area (Å²) in [6.45, 7) is -0.0184. The van der Waals surface area contributed by atoms with Gasteiger partial charge in [0.05, 0.1) is 11.1 Å². The summed E-state index contributed by atoms with van der Waals surface area (Å²) in [7, 11) is 0. The van der Waals surface area contributed by atoms with Crippen LogP contribution in [0.25, 0.3) is 0 Å². The maximum atomic E-state index is 12.7. The minimum atomic E-state index is -0.299. The molecule has 0 aliphatic carbocycles. The maximum Gasteiger partial charge on any atom is 0.141 e. The molecule has 0 radical (unpaired) electrons. The molecule has 2 aromatic carbocycles. The Kier molecular flexibility index (Phi) is 3.76. The van der Waals surface area contributed by atoms with Crippen molar-refractivity contribution in [3.63, 3.8) is 0 Å². The first kappa shape index (κ1) is 12.1. The van der Waals surface area contributed by atoms with Gasteiger partial charge in [0, 0.05) is 0 Å². The largest absolute Gasteiger partial charge is 0.456 e. The van der Waals surface area contributed by atoms with Crippen LogP contribution in [0.15, 0.2) is 46.9 Å². The fourth-order valence-electron chi connectivity index (χ4n) is 1.36. The van der Waals surface area contributed by atoms with Crippen molar-refractivity contribution in [2.24, 2.45) is 0 Å². The molecule has 88 valence electrons. The molecule has 0 aromatic heterocycles. The number of hydrogen-bond donors (Lipinski definition) is 1. The number of aliphatic hydroxyl groups is 1. The normalized spacial score (nSPS) is 10.3. The zero-order valence-electron chi connectivity index (χ0n) is 8.86. The molecule has 2 aromatic rings. The molecular weight excluding hydrogens is 287 g/mol. The molecule has 0 aliphatic heterocycles. The van der Waals surface area contributed by atoms with E-state index in [2.05, 4.69) is 15.9 Å². The van der Waals surface area contributed by atoms with E-state index in [1.165, 1.54) is 12.1 Å². The third-order valence-electron chi connectivity index (χ3n) is 2.22. The van der Waals surface area contributed by atoms with Crippen molar-refractivity contribution in [2.45, 2.75) is 6.61 Å². The summed E-state index contributed by atoms with van der Waals surface area (Å²) in [4.78, 5) is 0. The van der Waals surface area contributed by atoms with Gasteiger partial charge in [0.25, 0.3) is 0 Å². The van der Waals surface area contributed by atoms with Crippen molar-refractivity contribution in [1.29, 1.82) is 0 Å². The van der Waals surface area contributed by atoms with Gasteiger partial charge < -0.3 is 9.84 Å². The Bertz CT molecular complexity index is 511. The highest BCUT2D eigenvalue weighted by Gasteiger charge is 2.04. The summed E-state index contributed by atoms with van der Waals surface area (Å²) < 4.78 is 19.0. The Balaban J connectivity index is 2.21. The van der Waals surface area contributed by atoms with Crippen LogP contribution in [0.2, 0.25) is 0 Å². The first-order valence-electron chi connectivity index (χ1n) is 5.02. The summed E-state index contributed by atoms with van der Waals surface area (Å²) in [6, 6.07) is 11.1. The topological polar surface area (TPSA) is 29.5 Å². The molecule has 2 nitrogen and oxygen atoms in total. The number of hydrogen-bond acceptors (Lipinski definition) is 2. The molecule has 0 aliphatic rings. The molecule has 2 rings (SSSR count). The quantitative estimate of drug-likeness (QED) is 0.931. The minimum absolute atomic E-state index is 0.0184. The van der Waals surface area contributed by atoms with Gasteiger partial charge in [-0.3, -0.25) is 0 Å². The lowest BCUT2D eigenvalue weighted by atomic mass is 10.2. The van der Waals surface area contributed by atoms with E-state index in [9.17, 15) is 4.39 Å². The Morgan fingerprint density at radius 1 is 1.12 bits per heavy atom. The van der Waals surface area contributed by atoms with Crippen LogP contribution in [0.4, 0.5) is 4.39 Å². The summed E-state index contributed by atoms with van der Waals surface area (Å²) in [5, 5.41) is 8.97. The first-order chi connectivity index (χ1) is 8.19. The zero-order chi connectivity index (χ0) is 12.3. The van der Waals surface area contributed by atoms with Gasteiger partial charge in [0.2, 0.25) is 0 Å². The third kappa shape index (κ3) is 3.05. The molecule has 0 bridgehead atoms. The van der Waals surface area contributed by atoms with E-state index in [0.29, 0.717) is 11.5 Å². The van der Waals surface area contributed by atoms with Gasteiger partial charge >= 0.3 is 0 Å². The van der Waals surface area contributed by atoms with Crippen LogP contribution >= 0.6 is 15.9 Å². The molecule has 0 saturated heterocycles. The highest BCUT2D eigenvalue weighted by molar-refractivity contribution is 9.10. The lowest BCUT2D eigenvalue weighted by Gasteiger charge is -2.08. The second-order valence-electron chi connectivity index (χ2n) is 3.48. The van der Waals surface area contributed by atoms with Crippen molar-refractivity contribution in [2.75, 3.05) is 0 Å². The Labute approximate surface area is 107 Å². The molecule has 0 unspecified atom stereocenters. The van der Waals surface area contributed by atoms with Gasteiger partial charge in [-0.2, -0.15) is 0 Å². The molecule has 0 heterocycles. The smallest absolute Gasteiger partial charge is 0.141 e. The molecule has 0 saturated carbocycles. The summed E-state index contributed by atoms with van der Waals surface area (Å²) in [5.74, 6) is 0.879. The molecule has 0 fully saturated rings. The van der Waals surface area contributed by atoms with Crippen LogP contribution in [0.3, 0.4) is 0 Å². The van der Waals surface area contributed by atoms with Gasteiger partial charge in [-0.05, 0) is 57.9 Å². The van der Waals surface area contributed by atoms with Gasteiger partial charge in [0.15, 0.2) is 0 Å². The predicted molar refractivity (Wildman–Crippen MR) is 66.5 cm³/mol. The predicted octanol–water partition coefficient (Wildman–Crippen LogP) is 3.87. The summed E-state index contributed by atoms with van der Waals surface area (Å²) >= 11 is 3.35. The molecule has 1 N–H and O–H groups in total.